The highest BCUT2D eigenvalue weighted by Gasteiger charge is 2.82. The molecule has 2 heterocycles. The third-order valence-corrected chi connectivity index (χ3v) is 8.48. The predicted molar refractivity (Wildman–Crippen MR) is 98.8 cm³/mol. The fraction of sp³-hybridized carbons (Fsp3) is 0.727. The molecule has 2 aliphatic heterocycles. The van der Waals surface area contributed by atoms with Crippen LogP contribution in [0.25, 0.3) is 0 Å². The van der Waals surface area contributed by atoms with Crippen molar-refractivity contribution in [2.75, 3.05) is 6.61 Å². The summed E-state index contributed by atoms with van der Waals surface area (Å²) >= 11 is 0. The van der Waals surface area contributed by atoms with Crippen LogP contribution in [-0.4, -0.2) is 46.6 Å². The predicted octanol–water partition coefficient (Wildman–Crippen LogP) is 1.90. The molecule has 6 nitrogen and oxygen atoms in total. The number of esters is 1. The molecule has 2 N–H and O–H groups in total. The van der Waals surface area contributed by atoms with Crippen molar-refractivity contribution in [2.24, 2.45) is 28.1 Å². The number of carbonyl (C=O) groups is 2. The molecule has 0 aromatic carbocycles. The summed E-state index contributed by atoms with van der Waals surface area (Å²) in [5.41, 5.74) is -1.15. The van der Waals surface area contributed by atoms with Crippen LogP contribution in [0.5, 0.6) is 0 Å². The van der Waals surface area contributed by atoms with Crippen LogP contribution in [0, 0.1) is 28.1 Å². The van der Waals surface area contributed by atoms with Gasteiger partial charge in [-0.05, 0) is 48.2 Å². The number of allylic oxidation sites excluding steroid dienone is 2. The molecule has 3 saturated carbocycles. The van der Waals surface area contributed by atoms with Crippen LogP contribution < -0.4 is 0 Å². The number of hydrogen-bond acceptors (Lipinski definition) is 6. The zero-order valence-electron chi connectivity index (χ0n) is 16.7. The first-order chi connectivity index (χ1) is 13.0. The van der Waals surface area contributed by atoms with Gasteiger partial charge in [0.15, 0.2) is 5.78 Å². The summed E-state index contributed by atoms with van der Waals surface area (Å²) in [5, 5.41) is 23.2. The topological polar surface area (TPSA) is 93.1 Å². The lowest BCUT2D eigenvalue weighted by molar-refractivity contribution is -0.403. The molecule has 2 saturated heterocycles. The number of ketones is 1. The number of rotatable bonds is 1. The van der Waals surface area contributed by atoms with Crippen molar-refractivity contribution in [3.8, 4) is 0 Å². The quantitative estimate of drug-likeness (QED) is 0.405. The Morgan fingerprint density at radius 3 is 2.79 bits per heavy atom. The van der Waals surface area contributed by atoms with Gasteiger partial charge in [0.25, 0.3) is 0 Å². The van der Waals surface area contributed by atoms with E-state index in [4.69, 9.17) is 9.47 Å². The van der Waals surface area contributed by atoms with Crippen LogP contribution in [-0.2, 0) is 19.1 Å². The average molecular weight is 388 g/mol. The van der Waals surface area contributed by atoms with Gasteiger partial charge in [0.05, 0.1) is 12.0 Å². The molecule has 7 atom stereocenters. The lowest BCUT2D eigenvalue weighted by atomic mass is 9.39. The van der Waals surface area contributed by atoms with Gasteiger partial charge in [-0.3, -0.25) is 9.59 Å². The second-order valence-electron chi connectivity index (χ2n) is 10.1. The summed E-state index contributed by atoms with van der Waals surface area (Å²) in [6.45, 7) is 9.65. The minimum absolute atomic E-state index is 0.0472. The van der Waals surface area contributed by atoms with Crippen molar-refractivity contribution in [2.45, 2.75) is 64.4 Å². The summed E-state index contributed by atoms with van der Waals surface area (Å²) in [7, 11) is 0. The van der Waals surface area contributed by atoms with E-state index in [-0.39, 0.29) is 35.6 Å². The van der Waals surface area contributed by atoms with Gasteiger partial charge in [0.1, 0.15) is 17.6 Å². The van der Waals surface area contributed by atoms with Crippen LogP contribution in [0.4, 0.5) is 0 Å². The summed E-state index contributed by atoms with van der Waals surface area (Å²) in [6.07, 6.45) is 2.75. The van der Waals surface area contributed by atoms with Crippen molar-refractivity contribution in [1.82, 2.24) is 0 Å². The maximum Gasteiger partial charge on any atom is 0.302 e. The van der Waals surface area contributed by atoms with Crippen LogP contribution in [0.3, 0.4) is 0 Å². The number of aliphatic hydroxyl groups is 2. The maximum atomic E-state index is 13.4. The maximum absolute atomic E-state index is 13.4. The van der Waals surface area contributed by atoms with Gasteiger partial charge in [-0.2, -0.15) is 0 Å². The smallest absolute Gasteiger partial charge is 0.302 e. The zero-order valence-corrected chi connectivity index (χ0v) is 16.7. The minimum Gasteiger partial charge on any atom is -0.462 e. The third kappa shape index (κ3) is 1.73. The molecule has 28 heavy (non-hydrogen) atoms. The highest BCUT2D eigenvalue weighted by atomic mass is 16.6. The Morgan fingerprint density at radius 1 is 1.39 bits per heavy atom. The molecule has 0 unspecified atom stereocenters. The Balaban J connectivity index is 1.79. The third-order valence-electron chi connectivity index (χ3n) is 8.48. The van der Waals surface area contributed by atoms with Gasteiger partial charge < -0.3 is 19.7 Å². The number of Topliss-reactive ketones (excluding diaryl/α,β-unsaturated/α-hetero) is 1. The molecule has 0 aromatic rings. The van der Waals surface area contributed by atoms with Gasteiger partial charge in [-0.25, -0.2) is 0 Å². The molecule has 5 fully saturated rings. The van der Waals surface area contributed by atoms with E-state index in [0.717, 1.165) is 12.0 Å². The number of ether oxygens (including phenoxy) is 2. The first-order valence-corrected chi connectivity index (χ1v) is 10.2. The Kier molecular flexibility index (Phi) is 3.41. The standard InChI is InChI=1S/C22H28O6/c1-11-13-5-6-14-20-10-27-22(26,21(14,9-13)17(11)24)18(25)16(20)19(3,4)8-7-15(20)28-12(2)23/h6,13,15-16,18,25-26H,1,5,7-10H2,2-4H3/t13-,15-,16+,18-,20+,21-,22-/m0/s1. The molecule has 6 aliphatic rings. The van der Waals surface area contributed by atoms with Crippen molar-refractivity contribution in [3.63, 3.8) is 0 Å². The molecule has 2 spiro atoms. The van der Waals surface area contributed by atoms with E-state index in [1.54, 1.807) is 0 Å². The molecule has 4 bridgehead atoms. The Hall–Kier alpha value is -1.50. The van der Waals surface area contributed by atoms with Crippen molar-refractivity contribution in [1.29, 1.82) is 0 Å². The summed E-state index contributed by atoms with van der Waals surface area (Å²) in [6, 6.07) is 0. The van der Waals surface area contributed by atoms with Crippen LogP contribution in [0.1, 0.15) is 46.5 Å². The largest absolute Gasteiger partial charge is 0.462 e. The molecule has 0 radical (unpaired) electrons. The van der Waals surface area contributed by atoms with Gasteiger partial charge in [0, 0.05) is 12.8 Å². The Bertz CT molecular complexity index is 842. The van der Waals surface area contributed by atoms with E-state index < -0.39 is 28.8 Å². The van der Waals surface area contributed by atoms with E-state index in [1.165, 1.54) is 6.92 Å². The fourth-order valence-corrected chi connectivity index (χ4v) is 7.43. The van der Waals surface area contributed by atoms with E-state index in [9.17, 15) is 19.8 Å². The van der Waals surface area contributed by atoms with E-state index in [0.29, 0.717) is 24.8 Å². The molecular weight excluding hydrogens is 360 g/mol. The number of carbonyl (C=O) groups excluding carboxylic acids is 2. The number of hydrogen-bond donors (Lipinski definition) is 2. The van der Waals surface area contributed by atoms with Gasteiger partial charge in [-0.1, -0.05) is 26.5 Å². The summed E-state index contributed by atoms with van der Waals surface area (Å²) < 4.78 is 11.7. The molecule has 152 valence electrons. The minimum atomic E-state index is -1.98. The number of fused-ring (bicyclic) bond motifs is 2. The van der Waals surface area contributed by atoms with E-state index >= 15 is 0 Å². The van der Waals surface area contributed by atoms with E-state index in [1.807, 2.05) is 0 Å². The molecular formula is C22H28O6. The van der Waals surface area contributed by atoms with Crippen molar-refractivity contribution >= 4 is 11.8 Å². The first-order valence-electron chi connectivity index (χ1n) is 10.2. The van der Waals surface area contributed by atoms with Crippen molar-refractivity contribution < 1.29 is 29.3 Å². The second kappa shape index (κ2) is 5.15. The van der Waals surface area contributed by atoms with Gasteiger partial charge >= 0.3 is 5.97 Å². The van der Waals surface area contributed by atoms with Crippen LogP contribution >= 0.6 is 0 Å². The normalized spacial score (nSPS) is 50.7. The Morgan fingerprint density at radius 2 is 2.11 bits per heavy atom. The number of aliphatic hydroxyl groups excluding tert-OH is 1. The van der Waals surface area contributed by atoms with Crippen molar-refractivity contribution in [3.05, 3.63) is 23.8 Å². The highest BCUT2D eigenvalue weighted by Crippen LogP contribution is 2.75. The van der Waals surface area contributed by atoms with Gasteiger partial charge in [-0.15, -0.1) is 0 Å². The first kappa shape index (κ1) is 18.5. The molecule has 6 heteroatoms. The molecule has 4 aliphatic carbocycles. The fourth-order valence-electron chi connectivity index (χ4n) is 7.43. The lowest BCUT2D eigenvalue weighted by Crippen LogP contribution is -2.81. The van der Waals surface area contributed by atoms with Crippen LogP contribution in [0.2, 0.25) is 0 Å². The molecule has 0 aromatic heterocycles. The Labute approximate surface area is 164 Å². The van der Waals surface area contributed by atoms with E-state index in [2.05, 4.69) is 26.5 Å². The summed E-state index contributed by atoms with van der Waals surface area (Å²) in [4.78, 5) is 25.4. The zero-order chi connectivity index (χ0) is 20.3. The monoisotopic (exact) mass is 388 g/mol. The highest BCUT2D eigenvalue weighted by molar-refractivity contribution is 6.06. The average Bonchev–Trinajstić information content (AvgIpc) is 2.81. The molecule has 6 rings (SSSR count). The summed E-state index contributed by atoms with van der Waals surface area (Å²) in [5.74, 6) is -3.02. The van der Waals surface area contributed by atoms with Gasteiger partial charge in [0.2, 0.25) is 5.79 Å². The van der Waals surface area contributed by atoms with Crippen LogP contribution in [0.15, 0.2) is 23.8 Å². The lowest BCUT2D eigenvalue weighted by Gasteiger charge is -2.71. The molecule has 0 amide bonds. The SMILES string of the molecule is C=C1C(=O)[C@]23C[C@@H]1CC=C2[C@@]12CO[C@@]3(O)[C@@H](O)[C@@H]1C(C)(C)CC[C@@H]2OC(C)=O. The second-order valence-corrected chi connectivity index (χ2v) is 10.1.